The van der Waals surface area contributed by atoms with Gasteiger partial charge in [-0.2, -0.15) is 0 Å². The molecule has 0 aliphatic heterocycles. The smallest absolute Gasteiger partial charge is 0.292 e. The zero-order chi connectivity index (χ0) is 6.83. The molecule has 0 aromatic heterocycles. The molecule has 0 rings (SSSR count). The Bertz CT molecular complexity index is 44.0. The Hall–Kier alpha value is -1.06. The summed E-state index contributed by atoms with van der Waals surface area (Å²) >= 11 is 0. The molecule has 0 unspecified atom stereocenters. The first-order valence-electron chi connectivity index (χ1n) is 1.76. The van der Waals surface area contributed by atoms with Crippen LogP contribution in [0.5, 0.6) is 0 Å². The van der Waals surface area contributed by atoms with E-state index in [4.69, 9.17) is 9.59 Å². The van der Waals surface area contributed by atoms with Crippen molar-refractivity contribution in [1.29, 1.82) is 0 Å². The van der Waals surface area contributed by atoms with Crippen LogP contribution in [0, 0.1) is 0 Å². The molecular weight excluding hydrogens is 112 g/mol. The van der Waals surface area contributed by atoms with Gasteiger partial charge in [0.15, 0.2) is 0 Å². The minimum Gasteiger partial charge on any atom is -0.471 e. The van der Waals surface area contributed by atoms with E-state index in [0.717, 1.165) is 0 Å². The van der Waals surface area contributed by atoms with Gasteiger partial charge in [-0.3, -0.25) is 9.59 Å². The van der Waals surface area contributed by atoms with Crippen molar-refractivity contribution in [2.75, 3.05) is 14.2 Å². The van der Waals surface area contributed by atoms with Gasteiger partial charge >= 0.3 is 0 Å². The zero-order valence-corrected chi connectivity index (χ0v) is 4.79. The normalized spacial score (nSPS) is 5.25. The van der Waals surface area contributed by atoms with Gasteiger partial charge in [-0.05, 0) is 0 Å². The van der Waals surface area contributed by atoms with Crippen LogP contribution < -0.4 is 0 Å². The van der Waals surface area contributed by atoms with Crippen molar-refractivity contribution in [3.63, 3.8) is 0 Å². The first kappa shape index (κ1) is 10.0. The van der Waals surface area contributed by atoms with Gasteiger partial charge in [0.2, 0.25) is 0 Å². The quantitative estimate of drug-likeness (QED) is 0.464. The predicted octanol–water partition coefficient (Wildman–Crippen LogP) is -0.422. The third-order valence-corrected chi connectivity index (χ3v) is 0.192. The number of methoxy groups -OCH3 is 2. The molecule has 0 N–H and O–H groups in total. The summed E-state index contributed by atoms with van der Waals surface area (Å²) in [5.74, 6) is 0. The van der Waals surface area contributed by atoms with Gasteiger partial charge in [0.05, 0.1) is 14.2 Å². The summed E-state index contributed by atoms with van der Waals surface area (Å²) in [7, 11) is 2.62. The number of carbonyl (C=O) groups is 2. The maximum Gasteiger partial charge on any atom is 0.292 e. The van der Waals surface area contributed by atoms with Crippen molar-refractivity contribution >= 4 is 12.9 Å². The number of rotatable bonds is 2. The second kappa shape index (κ2) is 16.8. The van der Waals surface area contributed by atoms with Crippen LogP contribution in [0.3, 0.4) is 0 Å². The molecule has 0 heterocycles. The summed E-state index contributed by atoms with van der Waals surface area (Å²) in [6, 6.07) is 0. The lowest BCUT2D eigenvalue weighted by Gasteiger charge is -1.67. The van der Waals surface area contributed by atoms with Crippen molar-refractivity contribution < 1.29 is 19.1 Å². The van der Waals surface area contributed by atoms with Crippen molar-refractivity contribution in [2.24, 2.45) is 0 Å². The average molecular weight is 120 g/mol. The number of hydrogen-bond acceptors (Lipinski definition) is 4. The molecule has 0 amide bonds. The molecule has 0 aliphatic carbocycles. The van der Waals surface area contributed by atoms with Crippen LogP contribution in [-0.2, 0) is 19.1 Å². The molecule has 0 saturated heterocycles. The van der Waals surface area contributed by atoms with E-state index >= 15 is 0 Å². The molecule has 0 aromatic carbocycles. The molecule has 0 atom stereocenters. The highest BCUT2D eigenvalue weighted by molar-refractivity contribution is 5.36. The molecule has 48 valence electrons. The van der Waals surface area contributed by atoms with Crippen LogP contribution >= 0.6 is 0 Å². The van der Waals surface area contributed by atoms with E-state index in [-0.39, 0.29) is 0 Å². The first-order valence-corrected chi connectivity index (χ1v) is 1.76. The standard InChI is InChI=1S/2C2H4O2/c2*1-4-2-3/h2*2H,1H3. The molecule has 4 nitrogen and oxygen atoms in total. The third-order valence-electron chi connectivity index (χ3n) is 0.192. The Morgan fingerprint density at radius 3 is 1.12 bits per heavy atom. The number of ether oxygens (including phenoxy) is 2. The Labute approximate surface area is 47.4 Å². The number of carbonyl (C=O) groups excluding carboxylic acids is 2. The molecule has 4 heteroatoms. The first-order chi connectivity index (χ1) is 3.83. The fourth-order valence-electron chi connectivity index (χ4n) is 0. The average Bonchev–Trinajstić information content (AvgIpc) is 1.88. The fraction of sp³-hybridized carbons (Fsp3) is 0.500. The molecule has 0 radical (unpaired) electrons. The van der Waals surface area contributed by atoms with Gasteiger partial charge in [-0.1, -0.05) is 0 Å². The predicted molar refractivity (Wildman–Crippen MR) is 26.1 cm³/mol. The molecule has 0 bridgehead atoms. The zero-order valence-electron chi connectivity index (χ0n) is 4.79. The van der Waals surface area contributed by atoms with Crippen molar-refractivity contribution in [3.8, 4) is 0 Å². The van der Waals surface area contributed by atoms with E-state index in [9.17, 15) is 0 Å². The van der Waals surface area contributed by atoms with Gasteiger partial charge in [0.1, 0.15) is 0 Å². The maximum atomic E-state index is 8.95. The van der Waals surface area contributed by atoms with Gasteiger partial charge < -0.3 is 9.47 Å². The lowest BCUT2D eigenvalue weighted by Crippen LogP contribution is -1.68. The Kier molecular flexibility index (Phi) is 21.0. The van der Waals surface area contributed by atoms with Crippen LogP contribution in [0.4, 0.5) is 0 Å². The van der Waals surface area contributed by atoms with Crippen LogP contribution in [-0.4, -0.2) is 27.2 Å². The maximum absolute atomic E-state index is 8.95. The van der Waals surface area contributed by atoms with Crippen LogP contribution in [0.2, 0.25) is 0 Å². The Morgan fingerprint density at radius 1 is 1.00 bits per heavy atom. The summed E-state index contributed by atoms with van der Waals surface area (Å²) < 4.78 is 7.72. The van der Waals surface area contributed by atoms with Crippen molar-refractivity contribution in [2.45, 2.75) is 0 Å². The van der Waals surface area contributed by atoms with Gasteiger partial charge in [-0.25, -0.2) is 0 Å². The summed E-state index contributed by atoms with van der Waals surface area (Å²) in [6.07, 6.45) is 0. The SMILES string of the molecule is COC=O.COC=O. The Morgan fingerprint density at radius 2 is 1.12 bits per heavy atom. The van der Waals surface area contributed by atoms with Crippen LogP contribution in [0.25, 0.3) is 0 Å². The molecule has 0 saturated carbocycles. The van der Waals surface area contributed by atoms with E-state index in [1.807, 2.05) is 0 Å². The fourth-order valence-corrected chi connectivity index (χ4v) is 0. The van der Waals surface area contributed by atoms with Gasteiger partial charge in [0, 0.05) is 0 Å². The van der Waals surface area contributed by atoms with E-state index in [1.54, 1.807) is 0 Å². The van der Waals surface area contributed by atoms with E-state index in [1.165, 1.54) is 14.2 Å². The van der Waals surface area contributed by atoms with Crippen LogP contribution in [0.15, 0.2) is 0 Å². The molecule has 0 aliphatic rings. The van der Waals surface area contributed by atoms with E-state index < -0.39 is 0 Å². The minimum absolute atomic E-state index is 0.375. The molecule has 0 spiro atoms. The third kappa shape index (κ3) is 86.8. The van der Waals surface area contributed by atoms with Gasteiger partial charge in [-0.15, -0.1) is 0 Å². The molecule has 0 aromatic rings. The summed E-state index contributed by atoms with van der Waals surface area (Å²) in [4.78, 5) is 17.9. The second-order valence-electron chi connectivity index (χ2n) is 0.664. The molecule has 8 heavy (non-hydrogen) atoms. The lowest BCUT2D eigenvalue weighted by molar-refractivity contribution is -0.126. The highest BCUT2D eigenvalue weighted by Gasteiger charge is 1.44. The molecular formula is C4H8O4. The minimum atomic E-state index is 0.375. The van der Waals surface area contributed by atoms with E-state index in [0.29, 0.717) is 12.9 Å². The topological polar surface area (TPSA) is 52.6 Å². The monoisotopic (exact) mass is 120 g/mol. The van der Waals surface area contributed by atoms with Crippen molar-refractivity contribution in [1.82, 2.24) is 0 Å². The Balaban J connectivity index is 0. The summed E-state index contributed by atoms with van der Waals surface area (Å²) in [5, 5.41) is 0. The highest BCUT2D eigenvalue weighted by Crippen LogP contribution is 1.35. The van der Waals surface area contributed by atoms with Gasteiger partial charge in [0.25, 0.3) is 12.9 Å². The van der Waals surface area contributed by atoms with Crippen LogP contribution in [0.1, 0.15) is 0 Å². The van der Waals surface area contributed by atoms with Crippen molar-refractivity contribution in [3.05, 3.63) is 0 Å². The summed E-state index contributed by atoms with van der Waals surface area (Å²) in [6.45, 7) is 0.750. The largest absolute Gasteiger partial charge is 0.471 e. The lowest BCUT2D eigenvalue weighted by atomic mass is 11.5. The highest BCUT2D eigenvalue weighted by atomic mass is 16.5. The van der Waals surface area contributed by atoms with E-state index in [2.05, 4.69) is 9.47 Å². The number of hydrogen-bond donors (Lipinski definition) is 0. The second-order valence-corrected chi connectivity index (χ2v) is 0.664. The summed E-state index contributed by atoms with van der Waals surface area (Å²) in [5.41, 5.74) is 0. The molecule has 0 fully saturated rings.